The van der Waals surface area contributed by atoms with E-state index >= 15 is 0 Å². The minimum Gasteiger partial charge on any atom is -0.497 e. The van der Waals surface area contributed by atoms with Crippen LogP contribution in [-0.2, 0) is 20.6 Å². The summed E-state index contributed by atoms with van der Waals surface area (Å²) in [6.45, 7) is 2.03. The number of hydrogen-bond acceptors (Lipinski definition) is 6. The number of fused-ring (bicyclic) bond motifs is 1. The second-order valence-electron chi connectivity index (χ2n) is 6.36. The number of methoxy groups -OCH3 is 1. The van der Waals surface area contributed by atoms with Crippen LogP contribution in [0.15, 0.2) is 50.1 Å². The molecule has 3 rings (SSSR count). The quantitative estimate of drug-likeness (QED) is 0.490. The van der Waals surface area contributed by atoms with E-state index in [1.54, 1.807) is 37.9 Å². The van der Waals surface area contributed by atoms with Crippen LogP contribution in [-0.4, -0.2) is 32.0 Å². The predicted octanol–water partition coefficient (Wildman–Crippen LogP) is 2.03. The monoisotopic (exact) mass is 416 g/mol. The molecule has 0 radical (unpaired) electrons. The van der Waals surface area contributed by atoms with Gasteiger partial charge in [0.2, 0.25) is 5.95 Å². The third-order valence-corrected chi connectivity index (χ3v) is 4.55. The number of aromatic nitrogens is 4. The van der Waals surface area contributed by atoms with E-state index < -0.39 is 11.2 Å². The van der Waals surface area contributed by atoms with Gasteiger partial charge >= 0.3 is 5.69 Å². The second-order valence-corrected chi connectivity index (χ2v) is 6.95. The predicted molar refractivity (Wildman–Crippen MR) is 114 cm³/mol. The summed E-state index contributed by atoms with van der Waals surface area (Å²) < 4.78 is 9.13. The minimum absolute atomic E-state index is 0.265. The third-order valence-electron chi connectivity index (χ3n) is 4.40. The molecule has 0 unspecified atom stereocenters. The lowest BCUT2D eigenvalue weighted by molar-refractivity contribution is 0.415. The first-order valence-corrected chi connectivity index (χ1v) is 9.13. The van der Waals surface area contributed by atoms with Gasteiger partial charge in [0, 0.05) is 25.7 Å². The minimum atomic E-state index is -0.454. The van der Waals surface area contributed by atoms with Gasteiger partial charge in [0.25, 0.3) is 5.56 Å². The maximum absolute atomic E-state index is 12.7. The number of halogens is 1. The maximum Gasteiger partial charge on any atom is 0.332 e. The number of rotatable bonds is 6. The van der Waals surface area contributed by atoms with E-state index in [2.05, 4.69) is 15.5 Å². The summed E-state index contributed by atoms with van der Waals surface area (Å²) in [4.78, 5) is 29.3. The van der Waals surface area contributed by atoms with Crippen LogP contribution in [0.5, 0.6) is 5.75 Å². The standard InChI is InChI=1S/C19H21ClN6O3/c1-12(20)9-10-26-15-16(24(2)19(28)25(3)17(15)27)22-18(26)23-21-11-13-5-7-14(29-4)8-6-13/h5-9,11H,10H2,1-4H3,(H,22,23)/b12-9-,21-11-. The molecule has 0 aliphatic rings. The zero-order valence-corrected chi connectivity index (χ0v) is 17.3. The van der Waals surface area contributed by atoms with Gasteiger partial charge in [0.15, 0.2) is 11.2 Å². The zero-order valence-electron chi connectivity index (χ0n) is 16.5. The highest BCUT2D eigenvalue weighted by Gasteiger charge is 2.18. The summed E-state index contributed by atoms with van der Waals surface area (Å²) in [6.07, 6.45) is 3.36. The van der Waals surface area contributed by atoms with Crippen LogP contribution in [0.25, 0.3) is 11.2 Å². The maximum atomic E-state index is 12.7. The molecule has 10 heteroatoms. The van der Waals surface area contributed by atoms with Crippen molar-refractivity contribution in [3.8, 4) is 5.75 Å². The fraction of sp³-hybridized carbons (Fsp3) is 0.263. The van der Waals surface area contributed by atoms with Crippen LogP contribution in [0.4, 0.5) is 5.95 Å². The molecular formula is C19H21ClN6O3. The summed E-state index contributed by atoms with van der Waals surface area (Å²) in [5, 5.41) is 4.78. The topological polar surface area (TPSA) is 95.4 Å². The van der Waals surface area contributed by atoms with Crippen molar-refractivity contribution in [3.63, 3.8) is 0 Å². The first-order valence-electron chi connectivity index (χ1n) is 8.75. The number of ether oxygens (including phenoxy) is 1. The summed E-state index contributed by atoms with van der Waals surface area (Å²) in [7, 11) is 4.59. The largest absolute Gasteiger partial charge is 0.497 e. The molecule has 0 amide bonds. The van der Waals surface area contributed by atoms with Crippen molar-refractivity contribution in [2.24, 2.45) is 19.2 Å². The van der Waals surface area contributed by atoms with Crippen molar-refractivity contribution in [1.29, 1.82) is 0 Å². The van der Waals surface area contributed by atoms with Gasteiger partial charge in [-0.1, -0.05) is 17.7 Å². The van der Waals surface area contributed by atoms with Gasteiger partial charge in [-0.15, -0.1) is 0 Å². The number of nitrogens with zero attached hydrogens (tertiary/aromatic N) is 5. The number of anilines is 1. The lowest BCUT2D eigenvalue weighted by Gasteiger charge is -2.07. The molecule has 0 fully saturated rings. The molecule has 29 heavy (non-hydrogen) atoms. The Hall–Kier alpha value is -3.33. The molecule has 9 nitrogen and oxygen atoms in total. The van der Waals surface area contributed by atoms with Crippen LogP contribution in [0, 0.1) is 0 Å². The van der Waals surface area contributed by atoms with E-state index in [1.807, 2.05) is 24.3 Å². The Morgan fingerprint density at radius 2 is 1.93 bits per heavy atom. The van der Waals surface area contributed by atoms with Gasteiger partial charge in [-0.2, -0.15) is 10.1 Å². The van der Waals surface area contributed by atoms with Gasteiger partial charge < -0.3 is 4.74 Å². The van der Waals surface area contributed by atoms with Gasteiger partial charge in [0.1, 0.15) is 5.75 Å². The van der Waals surface area contributed by atoms with Crippen LogP contribution in [0.1, 0.15) is 12.5 Å². The Balaban J connectivity index is 2.04. The second kappa shape index (κ2) is 8.36. The van der Waals surface area contributed by atoms with Gasteiger partial charge in [-0.05, 0) is 36.8 Å². The average molecular weight is 417 g/mol. The first kappa shape index (κ1) is 20.4. The normalized spacial score (nSPS) is 12.1. The Morgan fingerprint density at radius 3 is 2.55 bits per heavy atom. The van der Waals surface area contributed by atoms with Gasteiger partial charge in [0.05, 0.1) is 13.3 Å². The molecule has 2 aromatic heterocycles. The Morgan fingerprint density at radius 1 is 1.24 bits per heavy atom. The van der Waals surface area contributed by atoms with Gasteiger partial charge in [-0.25, -0.2) is 10.2 Å². The number of hydrazone groups is 1. The fourth-order valence-electron chi connectivity index (χ4n) is 2.78. The number of allylic oxidation sites excluding steroid dienone is 2. The van der Waals surface area contributed by atoms with E-state index in [0.29, 0.717) is 17.5 Å². The highest BCUT2D eigenvalue weighted by atomic mass is 35.5. The van der Waals surface area contributed by atoms with E-state index in [1.165, 1.54) is 11.6 Å². The van der Waals surface area contributed by atoms with Crippen molar-refractivity contribution in [3.05, 3.63) is 61.8 Å². The molecule has 0 aliphatic heterocycles. The molecule has 1 aromatic carbocycles. The lowest BCUT2D eigenvalue weighted by Crippen LogP contribution is -2.37. The summed E-state index contributed by atoms with van der Waals surface area (Å²) in [5.74, 6) is 1.06. The zero-order chi connectivity index (χ0) is 21.1. The molecule has 0 bridgehead atoms. The smallest absolute Gasteiger partial charge is 0.332 e. The Labute approximate surface area is 171 Å². The molecule has 0 spiro atoms. The lowest BCUT2D eigenvalue weighted by atomic mass is 10.2. The van der Waals surface area contributed by atoms with Crippen molar-refractivity contribution in [2.45, 2.75) is 13.5 Å². The molecule has 0 aliphatic carbocycles. The molecule has 1 N–H and O–H groups in total. The van der Waals surface area contributed by atoms with E-state index in [0.717, 1.165) is 15.9 Å². The fourth-order valence-corrected chi connectivity index (χ4v) is 2.85. The van der Waals surface area contributed by atoms with E-state index in [9.17, 15) is 9.59 Å². The summed E-state index contributed by atoms with van der Waals surface area (Å²) in [6, 6.07) is 7.35. The molecule has 152 valence electrons. The number of nitrogens with one attached hydrogen (secondary N) is 1. The Bertz CT molecular complexity index is 1210. The van der Waals surface area contributed by atoms with Crippen molar-refractivity contribution < 1.29 is 4.74 Å². The third kappa shape index (κ3) is 4.09. The molecule has 3 aromatic rings. The van der Waals surface area contributed by atoms with Crippen LogP contribution < -0.4 is 21.4 Å². The van der Waals surface area contributed by atoms with Crippen LogP contribution in [0.3, 0.4) is 0 Å². The van der Waals surface area contributed by atoms with Crippen LogP contribution >= 0.6 is 11.6 Å². The first-order chi connectivity index (χ1) is 13.8. The SMILES string of the molecule is COc1ccc(/C=N\Nc2nc3c(c(=O)n(C)c(=O)n3C)n2C/C=C(/C)Cl)cc1. The highest BCUT2D eigenvalue weighted by molar-refractivity contribution is 6.29. The van der Waals surface area contributed by atoms with E-state index in [-0.39, 0.29) is 11.2 Å². The number of hydrogen-bond donors (Lipinski definition) is 1. The van der Waals surface area contributed by atoms with Crippen molar-refractivity contribution >= 4 is 34.9 Å². The number of aryl methyl sites for hydroxylation is 1. The molecule has 0 saturated carbocycles. The van der Waals surface area contributed by atoms with Crippen molar-refractivity contribution in [1.82, 2.24) is 18.7 Å². The number of benzene rings is 1. The summed E-state index contributed by atoms with van der Waals surface area (Å²) >= 11 is 5.96. The average Bonchev–Trinajstić information content (AvgIpc) is 3.08. The van der Waals surface area contributed by atoms with Crippen LogP contribution in [0.2, 0.25) is 0 Å². The number of imidazole rings is 1. The summed E-state index contributed by atoms with van der Waals surface area (Å²) in [5.41, 5.74) is 3.35. The molecule has 0 atom stereocenters. The van der Waals surface area contributed by atoms with Gasteiger partial charge in [-0.3, -0.25) is 18.5 Å². The van der Waals surface area contributed by atoms with E-state index in [4.69, 9.17) is 16.3 Å². The molecular weight excluding hydrogens is 396 g/mol. The van der Waals surface area contributed by atoms with Crippen molar-refractivity contribution in [2.75, 3.05) is 12.5 Å². The Kier molecular flexibility index (Phi) is 5.88. The highest BCUT2D eigenvalue weighted by Crippen LogP contribution is 2.17. The molecule has 2 heterocycles. The molecule has 0 saturated heterocycles.